The number of carbonyl (C=O) groups is 2. The average Bonchev–Trinajstić information content (AvgIpc) is 2.96. The molecule has 0 radical (unpaired) electrons. The van der Waals surface area contributed by atoms with Crippen LogP contribution < -0.4 is 10.2 Å². The molecule has 148 valence electrons. The van der Waals surface area contributed by atoms with Crippen LogP contribution in [0.1, 0.15) is 23.7 Å². The molecule has 0 aliphatic carbocycles. The summed E-state index contributed by atoms with van der Waals surface area (Å²) in [6, 6.07) is 11.0. The van der Waals surface area contributed by atoms with Gasteiger partial charge in [-0.15, -0.1) is 0 Å². The van der Waals surface area contributed by atoms with E-state index in [4.69, 9.17) is 4.74 Å². The second-order valence-corrected chi connectivity index (χ2v) is 7.22. The molecule has 0 unspecified atom stereocenters. The second kappa shape index (κ2) is 9.54. The van der Waals surface area contributed by atoms with Gasteiger partial charge in [0.15, 0.2) is 0 Å². The van der Waals surface area contributed by atoms with Crippen LogP contribution >= 0.6 is 15.9 Å². The third-order valence-corrected chi connectivity index (χ3v) is 5.17. The highest BCUT2D eigenvalue weighted by Crippen LogP contribution is 2.22. The van der Waals surface area contributed by atoms with Crippen LogP contribution in [0.3, 0.4) is 0 Å². The van der Waals surface area contributed by atoms with Gasteiger partial charge in [0.1, 0.15) is 5.82 Å². The van der Waals surface area contributed by atoms with E-state index in [1.54, 1.807) is 13.0 Å². The van der Waals surface area contributed by atoms with Crippen molar-refractivity contribution in [2.75, 3.05) is 43.0 Å². The van der Waals surface area contributed by atoms with Gasteiger partial charge in [-0.25, -0.2) is 14.6 Å². The molecule has 8 heteroatoms. The molecule has 0 bridgehead atoms. The Morgan fingerprint density at radius 1 is 1.14 bits per heavy atom. The third kappa shape index (κ3) is 5.01. The summed E-state index contributed by atoms with van der Waals surface area (Å²) in [6.07, 6.45) is 2.38. The molecule has 1 fully saturated rings. The number of pyridine rings is 1. The number of para-hydroxylation sites is 1. The first kappa shape index (κ1) is 20.1. The summed E-state index contributed by atoms with van der Waals surface area (Å²) >= 11 is 3.45. The fourth-order valence-electron chi connectivity index (χ4n) is 3.01. The lowest BCUT2D eigenvalue weighted by molar-refractivity contribution is 0.0526. The summed E-state index contributed by atoms with van der Waals surface area (Å²) in [7, 11) is 0. The van der Waals surface area contributed by atoms with Gasteiger partial charge in [-0.3, -0.25) is 0 Å². The van der Waals surface area contributed by atoms with E-state index in [0.717, 1.165) is 28.9 Å². The van der Waals surface area contributed by atoms with Gasteiger partial charge in [-0.2, -0.15) is 0 Å². The Morgan fingerprint density at radius 3 is 2.68 bits per heavy atom. The molecule has 3 rings (SSSR count). The maximum absolute atomic E-state index is 12.6. The topological polar surface area (TPSA) is 74.8 Å². The number of benzene rings is 1. The van der Waals surface area contributed by atoms with E-state index in [1.165, 1.54) is 6.20 Å². The Morgan fingerprint density at radius 2 is 1.96 bits per heavy atom. The number of nitrogens with zero attached hydrogens (tertiary/aromatic N) is 3. The predicted octanol–water partition coefficient (Wildman–Crippen LogP) is 3.77. The van der Waals surface area contributed by atoms with Crippen molar-refractivity contribution < 1.29 is 14.3 Å². The third-order valence-electron chi connectivity index (χ3n) is 4.48. The lowest BCUT2D eigenvalue weighted by Gasteiger charge is -2.23. The summed E-state index contributed by atoms with van der Waals surface area (Å²) in [5.74, 6) is 0.424. The Kier molecular flexibility index (Phi) is 6.86. The molecule has 0 saturated carbocycles. The van der Waals surface area contributed by atoms with Gasteiger partial charge in [-0.1, -0.05) is 12.1 Å². The number of esters is 1. The van der Waals surface area contributed by atoms with Gasteiger partial charge in [0.05, 0.1) is 17.9 Å². The van der Waals surface area contributed by atoms with Crippen molar-refractivity contribution in [1.29, 1.82) is 0 Å². The summed E-state index contributed by atoms with van der Waals surface area (Å²) in [6.45, 7) is 4.85. The molecular formula is C20H23BrN4O3. The molecule has 1 saturated heterocycles. The number of anilines is 2. The Balaban J connectivity index is 1.59. The molecule has 1 aliphatic rings. The zero-order valence-corrected chi connectivity index (χ0v) is 17.3. The van der Waals surface area contributed by atoms with Crippen molar-refractivity contribution >= 4 is 39.4 Å². The van der Waals surface area contributed by atoms with E-state index < -0.39 is 0 Å². The van der Waals surface area contributed by atoms with Gasteiger partial charge in [0.25, 0.3) is 0 Å². The molecule has 2 heterocycles. The first-order chi connectivity index (χ1) is 13.6. The first-order valence-corrected chi connectivity index (χ1v) is 10.1. The zero-order chi connectivity index (χ0) is 19.9. The molecule has 7 nitrogen and oxygen atoms in total. The molecular weight excluding hydrogens is 424 g/mol. The fraction of sp³-hybridized carbons (Fsp3) is 0.350. The summed E-state index contributed by atoms with van der Waals surface area (Å²) in [4.78, 5) is 32.7. The number of hydrogen-bond donors (Lipinski definition) is 1. The van der Waals surface area contributed by atoms with Crippen molar-refractivity contribution in [2.24, 2.45) is 0 Å². The standard InChI is InChI=1S/C20H23BrN4O3/c1-2-28-19(26)15-8-9-18(22-14-15)24-10-5-11-25(13-12-24)20(27)23-17-7-4-3-6-16(17)21/h3-4,6-9,14H,2,5,10-13H2,1H3,(H,23,27). The van der Waals surface area contributed by atoms with E-state index in [1.807, 2.05) is 35.2 Å². The lowest BCUT2D eigenvalue weighted by atomic mass is 10.2. The van der Waals surface area contributed by atoms with Crippen LogP contribution in [0.4, 0.5) is 16.3 Å². The van der Waals surface area contributed by atoms with Crippen molar-refractivity contribution in [2.45, 2.75) is 13.3 Å². The van der Waals surface area contributed by atoms with E-state index in [-0.39, 0.29) is 12.0 Å². The molecule has 28 heavy (non-hydrogen) atoms. The monoisotopic (exact) mass is 446 g/mol. The van der Waals surface area contributed by atoms with E-state index in [9.17, 15) is 9.59 Å². The number of nitrogens with one attached hydrogen (secondary N) is 1. The minimum Gasteiger partial charge on any atom is -0.462 e. The number of ether oxygens (including phenoxy) is 1. The van der Waals surface area contributed by atoms with Crippen molar-refractivity contribution in [3.05, 3.63) is 52.6 Å². The van der Waals surface area contributed by atoms with Gasteiger partial charge < -0.3 is 19.9 Å². The van der Waals surface area contributed by atoms with Crippen LogP contribution in [-0.2, 0) is 4.74 Å². The quantitative estimate of drug-likeness (QED) is 0.723. The molecule has 1 aliphatic heterocycles. The smallest absolute Gasteiger partial charge is 0.339 e. The molecule has 1 N–H and O–H groups in total. The molecule has 2 amide bonds. The summed E-state index contributed by atoms with van der Waals surface area (Å²) < 4.78 is 5.84. The van der Waals surface area contributed by atoms with Gasteiger partial charge in [-0.05, 0) is 53.5 Å². The number of urea groups is 1. The number of amides is 2. The van der Waals surface area contributed by atoms with Gasteiger partial charge in [0, 0.05) is 36.8 Å². The maximum Gasteiger partial charge on any atom is 0.339 e. The minimum atomic E-state index is -0.368. The highest BCUT2D eigenvalue weighted by atomic mass is 79.9. The number of halogens is 1. The van der Waals surface area contributed by atoms with Crippen LogP contribution in [-0.4, -0.2) is 54.7 Å². The number of hydrogen-bond acceptors (Lipinski definition) is 5. The van der Waals surface area contributed by atoms with E-state index >= 15 is 0 Å². The zero-order valence-electron chi connectivity index (χ0n) is 15.7. The number of aromatic nitrogens is 1. The highest BCUT2D eigenvalue weighted by molar-refractivity contribution is 9.10. The average molecular weight is 447 g/mol. The highest BCUT2D eigenvalue weighted by Gasteiger charge is 2.20. The van der Waals surface area contributed by atoms with Crippen LogP contribution in [0.15, 0.2) is 47.1 Å². The molecule has 2 aromatic rings. The molecule has 1 aromatic heterocycles. The second-order valence-electron chi connectivity index (χ2n) is 6.36. The predicted molar refractivity (Wildman–Crippen MR) is 112 cm³/mol. The summed E-state index contributed by atoms with van der Waals surface area (Å²) in [5.41, 5.74) is 1.19. The number of carbonyl (C=O) groups excluding carboxylic acids is 2. The van der Waals surface area contributed by atoms with Crippen LogP contribution in [0.2, 0.25) is 0 Å². The fourth-order valence-corrected chi connectivity index (χ4v) is 3.40. The number of rotatable bonds is 4. The molecule has 1 aromatic carbocycles. The van der Waals surface area contributed by atoms with Crippen molar-refractivity contribution in [1.82, 2.24) is 9.88 Å². The van der Waals surface area contributed by atoms with Gasteiger partial charge in [0.2, 0.25) is 0 Å². The Bertz CT molecular complexity index is 828. The largest absolute Gasteiger partial charge is 0.462 e. The van der Waals surface area contributed by atoms with Crippen LogP contribution in [0, 0.1) is 0 Å². The lowest BCUT2D eigenvalue weighted by Crippen LogP contribution is -2.38. The summed E-state index contributed by atoms with van der Waals surface area (Å²) in [5, 5.41) is 2.95. The SMILES string of the molecule is CCOC(=O)c1ccc(N2CCCN(C(=O)Nc3ccccc3Br)CC2)nc1. The normalized spacial score (nSPS) is 14.4. The maximum atomic E-state index is 12.6. The minimum absolute atomic E-state index is 0.112. The Hall–Kier alpha value is -2.61. The first-order valence-electron chi connectivity index (χ1n) is 9.27. The van der Waals surface area contributed by atoms with Gasteiger partial charge >= 0.3 is 12.0 Å². The molecule has 0 spiro atoms. The van der Waals surface area contributed by atoms with E-state index in [0.29, 0.717) is 31.8 Å². The van der Waals surface area contributed by atoms with Crippen LogP contribution in [0.25, 0.3) is 0 Å². The Labute approximate surface area is 172 Å². The van der Waals surface area contributed by atoms with E-state index in [2.05, 4.69) is 31.1 Å². The molecule has 0 atom stereocenters. The van der Waals surface area contributed by atoms with Crippen LogP contribution in [0.5, 0.6) is 0 Å². The van der Waals surface area contributed by atoms with Crippen molar-refractivity contribution in [3.8, 4) is 0 Å². The van der Waals surface area contributed by atoms with Crippen molar-refractivity contribution in [3.63, 3.8) is 0 Å².